The van der Waals surface area contributed by atoms with Crippen molar-refractivity contribution in [2.24, 2.45) is 11.7 Å². The van der Waals surface area contributed by atoms with E-state index in [2.05, 4.69) is 10.3 Å². The number of ether oxygens (including phenoxy) is 1. The van der Waals surface area contributed by atoms with Gasteiger partial charge >= 0.3 is 0 Å². The Morgan fingerprint density at radius 2 is 2.10 bits per heavy atom. The molecule has 0 aliphatic carbocycles. The number of rotatable bonds is 3. The minimum atomic E-state index is -0.470. The standard InChI is InChI=1S/C13H19N3O2.2ClH/c1-9-8-11(2-5-15-9)16-13(17)12(14)10-3-6-18-7-4-10;;/h2,5,8,10,12H,3-4,6-7,14H2,1H3,(H,15,16,17);2*1H. The molecule has 1 aliphatic rings. The van der Waals surface area contributed by atoms with Crippen LogP contribution in [0.5, 0.6) is 0 Å². The minimum Gasteiger partial charge on any atom is -0.381 e. The average Bonchev–Trinajstić information content (AvgIpc) is 2.39. The number of hydrogen-bond donors (Lipinski definition) is 2. The van der Waals surface area contributed by atoms with Crippen molar-refractivity contribution in [2.75, 3.05) is 18.5 Å². The summed E-state index contributed by atoms with van der Waals surface area (Å²) in [7, 11) is 0. The number of hydrogen-bond acceptors (Lipinski definition) is 4. The summed E-state index contributed by atoms with van der Waals surface area (Å²) in [6.07, 6.45) is 3.37. The van der Waals surface area contributed by atoms with Crippen molar-refractivity contribution in [1.82, 2.24) is 4.98 Å². The van der Waals surface area contributed by atoms with Crippen molar-refractivity contribution in [3.05, 3.63) is 24.0 Å². The number of carbonyl (C=O) groups is 1. The Morgan fingerprint density at radius 1 is 1.45 bits per heavy atom. The number of anilines is 1. The Balaban J connectivity index is 0.00000180. The summed E-state index contributed by atoms with van der Waals surface area (Å²) in [6.45, 7) is 3.27. The summed E-state index contributed by atoms with van der Waals surface area (Å²) in [5.41, 5.74) is 7.61. The van der Waals surface area contributed by atoms with Crippen LogP contribution in [0.15, 0.2) is 18.3 Å². The second-order valence-corrected chi connectivity index (χ2v) is 4.65. The number of nitrogens with zero attached hydrogens (tertiary/aromatic N) is 1. The van der Waals surface area contributed by atoms with Crippen molar-refractivity contribution < 1.29 is 9.53 Å². The highest BCUT2D eigenvalue weighted by molar-refractivity contribution is 5.94. The molecule has 1 aromatic heterocycles. The Kier molecular flexibility index (Phi) is 8.73. The summed E-state index contributed by atoms with van der Waals surface area (Å²) in [5.74, 6) is 0.0779. The van der Waals surface area contributed by atoms with E-state index in [-0.39, 0.29) is 36.6 Å². The molecule has 2 heterocycles. The molecule has 1 aromatic rings. The molecule has 1 atom stereocenters. The first-order chi connectivity index (χ1) is 8.66. The number of aromatic nitrogens is 1. The lowest BCUT2D eigenvalue weighted by molar-refractivity contribution is -0.119. The smallest absolute Gasteiger partial charge is 0.241 e. The van der Waals surface area contributed by atoms with Crippen molar-refractivity contribution in [3.8, 4) is 0 Å². The minimum absolute atomic E-state index is 0. The molecule has 0 saturated carbocycles. The third kappa shape index (κ3) is 5.25. The van der Waals surface area contributed by atoms with E-state index in [0.717, 1.165) is 24.2 Å². The quantitative estimate of drug-likeness (QED) is 0.891. The van der Waals surface area contributed by atoms with Crippen LogP contribution in [0.3, 0.4) is 0 Å². The van der Waals surface area contributed by atoms with Crippen molar-refractivity contribution in [3.63, 3.8) is 0 Å². The highest BCUT2D eigenvalue weighted by Gasteiger charge is 2.26. The Hall–Kier alpha value is -0.880. The lowest BCUT2D eigenvalue weighted by Crippen LogP contribution is -2.44. The van der Waals surface area contributed by atoms with Crippen molar-refractivity contribution in [1.29, 1.82) is 0 Å². The van der Waals surface area contributed by atoms with E-state index in [1.54, 1.807) is 12.3 Å². The molecule has 1 fully saturated rings. The van der Waals surface area contributed by atoms with Crippen LogP contribution in [0.4, 0.5) is 5.69 Å². The van der Waals surface area contributed by atoms with Gasteiger partial charge in [0.15, 0.2) is 0 Å². The van der Waals surface area contributed by atoms with E-state index < -0.39 is 6.04 Å². The highest BCUT2D eigenvalue weighted by atomic mass is 35.5. The van der Waals surface area contributed by atoms with Crippen LogP contribution >= 0.6 is 24.8 Å². The van der Waals surface area contributed by atoms with Crippen LogP contribution in [0.25, 0.3) is 0 Å². The van der Waals surface area contributed by atoms with E-state index in [9.17, 15) is 4.79 Å². The van der Waals surface area contributed by atoms with Gasteiger partial charge in [-0.3, -0.25) is 9.78 Å². The monoisotopic (exact) mass is 321 g/mol. The van der Waals surface area contributed by atoms with Crippen LogP contribution in [-0.4, -0.2) is 30.1 Å². The van der Waals surface area contributed by atoms with Gasteiger partial charge in [-0.05, 0) is 37.8 Å². The zero-order chi connectivity index (χ0) is 13.0. The maximum atomic E-state index is 12.0. The van der Waals surface area contributed by atoms with Crippen LogP contribution in [-0.2, 0) is 9.53 Å². The van der Waals surface area contributed by atoms with Crippen LogP contribution < -0.4 is 11.1 Å². The predicted molar refractivity (Wildman–Crippen MR) is 83.6 cm³/mol. The Morgan fingerprint density at radius 3 is 2.70 bits per heavy atom. The highest BCUT2D eigenvalue weighted by Crippen LogP contribution is 2.18. The fraction of sp³-hybridized carbons (Fsp3) is 0.538. The SMILES string of the molecule is Cc1cc(NC(=O)C(N)C2CCOCC2)ccn1.Cl.Cl. The number of halogens is 2. The molecule has 0 radical (unpaired) electrons. The van der Waals surface area contributed by atoms with Gasteiger partial charge in [-0.15, -0.1) is 24.8 Å². The Bertz CT molecular complexity index is 426. The molecule has 7 heteroatoms. The lowest BCUT2D eigenvalue weighted by Gasteiger charge is -2.26. The van der Waals surface area contributed by atoms with E-state index in [1.165, 1.54) is 0 Å². The molecule has 5 nitrogen and oxygen atoms in total. The van der Waals surface area contributed by atoms with Crippen molar-refractivity contribution in [2.45, 2.75) is 25.8 Å². The third-order valence-electron chi connectivity index (χ3n) is 3.24. The first kappa shape index (κ1) is 19.1. The first-order valence-electron chi connectivity index (χ1n) is 6.23. The summed E-state index contributed by atoms with van der Waals surface area (Å²) in [4.78, 5) is 16.1. The van der Waals surface area contributed by atoms with Crippen LogP contribution in [0.2, 0.25) is 0 Å². The largest absolute Gasteiger partial charge is 0.381 e. The summed E-state index contributed by atoms with van der Waals surface area (Å²) in [6, 6.07) is 3.12. The van der Waals surface area contributed by atoms with Gasteiger partial charge in [0.2, 0.25) is 5.91 Å². The molecule has 2 rings (SSSR count). The van der Waals surface area contributed by atoms with Crippen molar-refractivity contribution >= 4 is 36.4 Å². The van der Waals surface area contributed by atoms with Gasteiger partial charge in [-0.2, -0.15) is 0 Å². The topological polar surface area (TPSA) is 77.2 Å². The number of pyridine rings is 1. The van der Waals surface area contributed by atoms with Gasteiger partial charge in [0.05, 0.1) is 6.04 Å². The molecule has 1 unspecified atom stereocenters. The predicted octanol–water partition coefficient (Wildman–Crippen LogP) is 1.93. The van der Waals surface area contributed by atoms with Gasteiger partial charge in [-0.25, -0.2) is 0 Å². The summed E-state index contributed by atoms with van der Waals surface area (Å²) in [5, 5.41) is 2.84. The number of nitrogens with one attached hydrogen (secondary N) is 1. The van der Waals surface area contributed by atoms with E-state index >= 15 is 0 Å². The normalized spacial score (nSPS) is 16.5. The molecule has 1 amide bonds. The molecular formula is C13H21Cl2N3O2. The summed E-state index contributed by atoms with van der Waals surface area (Å²) < 4.78 is 5.27. The Labute approximate surface area is 131 Å². The fourth-order valence-electron chi connectivity index (χ4n) is 2.14. The maximum Gasteiger partial charge on any atom is 0.241 e. The molecule has 1 aliphatic heterocycles. The van der Waals surface area contributed by atoms with Gasteiger partial charge < -0.3 is 15.8 Å². The summed E-state index contributed by atoms with van der Waals surface area (Å²) >= 11 is 0. The maximum absolute atomic E-state index is 12.0. The zero-order valence-electron chi connectivity index (χ0n) is 11.4. The second kappa shape index (κ2) is 9.13. The second-order valence-electron chi connectivity index (χ2n) is 4.65. The molecule has 0 aromatic carbocycles. The molecule has 0 bridgehead atoms. The van der Waals surface area contributed by atoms with Crippen LogP contribution in [0.1, 0.15) is 18.5 Å². The van der Waals surface area contributed by atoms with Gasteiger partial charge in [-0.1, -0.05) is 0 Å². The van der Waals surface area contributed by atoms with E-state index in [4.69, 9.17) is 10.5 Å². The molecule has 0 spiro atoms. The lowest BCUT2D eigenvalue weighted by atomic mass is 9.92. The molecule has 1 saturated heterocycles. The van der Waals surface area contributed by atoms with Gasteiger partial charge in [0.1, 0.15) is 0 Å². The molecule has 20 heavy (non-hydrogen) atoms. The van der Waals surface area contributed by atoms with Gasteiger partial charge in [0.25, 0.3) is 0 Å². The molecular weight excluding hydrogens is 301 g/mol. The zero-order valence-corrected chi connectivity index (χ0v) is 13.0. The average molecular weight is 322 g/mol. The van der Waals surface area contributed by atoms with Gasteiger partial charge in [0, 0.05) is 30.8 Å². The third-order valence-corrected chi connectivity index (χ3v) is 3.24. The molecule has 114 valence electrons. The van der Waals surface area contributed by atoms with E-state index in [0.29, 0.717) is 13.2 Å². The van der Waals surface area contributed by atoms with Crippen LogP contribution in [0, 0.1) is 12.8 Å². The number of aryl methyl sites for hydroxylation is 1. The number of amides is 1. The molecule has 3 N–H and O–H groups in total. The number of nitrogens with two attached hydrogens (primary N) is 1. The number of carbonyl (C=O) groups excluding carboxylic acids is 1. The van der Waals surface area contributed by atoms with E-state index in [1.807, 2.05) is 13.0 Å². The first-order valence-corrected chi connectivity index (χ1v) is 6.23. The fourth-order valence-corrected chi connectivity index (χ4v) is 2.14.